The van der Waals surface area contributed by atoms with Crippen molar-refractivity contribution >= 4 is 29.1 Å². The summed E-state index contributed by atoms with van der Waals surface area (Å²) in [6.45, 7) is 3.08. The minimum atomic E-state index is 0.00781. The van der Waals surface area contributed by atoms with Crippen molar-refractivity contribution in [3.63, 3.8) is 0 Å². The quantitative estimate of drug-likeness (QED) is 0.914. The molecule has 1 aliphatic heterocycles. The molecule has 2 aliphatic rings. The number of rotatable bonds is 4. The average Bonchev–Trinajstić information content (AvgIpc) is 2.52. The van der Waals surface area contributed by atoms with E-state index in [4.69, 9.17) is 11.6 Å². The molecule has 1 aromatic carbocycles. The first kappa shape index (κ1) is 16.1. The van der Waals surface area contributed by atoms with Crippen LogP contribution in [0.5, 0.6) is 0 Å². The molecule has 1 heterocycles. The number of carbonyl (C=O) groups excluding carboxylic acids is 2. The third-order valence-electron chi connectivity index (χ3n) is 4.71. The average molecular weight is 336 g/mol. The predicted molar refractivity (Wildman–Crippen MR) is 90.6 cm³/mol. The van der Waals surface area contributed by atoms with Crippen molar-refractivity contribution in [2.75, 3.05) is 37.6 Å². The lowest BCUT2D eigenvalue weighted by atomic mass is 9.85. The lowest BCUT2D eigenvalue weighted by Crippen LogP contribution is -2.51. The van der Waals surface area contributed by atoms with Crippen molar-refractivity contribution < 1.29 is 9.59 Å². The van der Waals surface area contributed by atoms with Crippen molar-refractivity contribution in [2.45, 2.75) is 19.3 Å². The third-order valence-corrected chi connectivity index (χ3v) is 4.97. The van der Waals surface area contributed by atoms with Crippen LogP contribution in [-0.4, -0.2) is 49.4 Å². The molecule has 23 heavy (non-hydrogen) atoms. The molecular formula is C17H22ClN3O2. The van der Waals surface area contributed by atoms with Crippen molar-refractivity contribution in [3.8, 4) is 0 Å². The fraction of sp³-hybridized carbons (Fsp3) is 0.529. The number of hydrogen-bond donors (Lipinski definition) is 1. The van der Waals surface area contributed by atoms with E-state index in [2.05, 4.69) is 10.2 Å². The summed E-state index contributed by atoms with van der Waals surface area (Å²) in [5.74, 6) is 0.169. The van der Waals surface area contributed by atoms with E-state index in [1.807, 2.05) is 29.2 Å². The number of carbonyl (C=O) groups is 2. The molecule has 1 saturated carbocycles. The Balaban J connectivity index is 1.43. The molecular weight excluding hydrogens is 314 g/mol. The molecule has 5 nitrogen and oxygen atoms in total. The molecule has 1 N–H and O–H groups in total. The molecule has 1 saturated heterocycles. The molecule has 124 valence electrons. The van der Waals surface area contributed by atoms with Gasteiger partial charge in [0.05, 0.1) is 6.54 Å². The Bertz CT molecular complexity index is 564. The highest BCUT2D eigenvalue weighted by atomic mass is 35.5. The zero-order valence-corrected chi connectivity index (χ0v) is 13.9. The molecule has 1 aromatic rings. The molecule has 1 aliphatic carbocycles. The van der Waals surface area contributed by atoms with Crippen LogP contribution in [0.15, 0.2) is 24.3 Å². The first-order valence-corrected chi connectivity index (χ1v) is 8.57. The van der Waals surface area contributed by atoms with Crippen LogP contribution in [-0.2, 0) is 9.59 Å². The molecule has 0 bridgehead atoms. The largest absolute Gasteiger partial charge is 0.368 e. The molecule has 2 amide bonds. The van der Waals surface area contributed by atoms with Crippen LogP contribution in [0, 0.1) is 5.92 Å². The van der Waals surface area contributed by atoms with Crippen molar-refractivity contribution in [1.29, 1.82) is 0 Å². The van der Waals surface area contributed by atoms with E-state index in [-0.39, 0.29) is 24.3 Å². The van der Waals surface area contributed by atoms with Gasteiger partial charge in [0.15, 0.2) is 0 Å². The van der Waals surface area contributed by atoms with Crippen LogP contribution in [0.4, 0.5) is 5.69 Å². The van der Waals surface area contributed by atoms with E-state index in [9.17, 15) is 9.59 Å². The smallest absolute Gasteiger partial charge is 0.242 e. The van der Waals surface area contributed by atoms with E-state index in [0.29, 0.717) is 13.1 Å². The van der Waals surface area contributed by atoms with Gasteiger partial charge in [0.1, 0.15) is 0 Å². The SMILES string of the molecule is O=C(NCC(=O)N1CCN(c2ccc(Cl)cc2)CC1)C1CCC1. The van der Waals surface area contributed by atoms with E-state index in [1.54, 1.807) is 0 Å². The Labute approximate surface area is 141 Å². The number of benzene rings is 1. The van der Waals surface area contributed by atoms with Crippen LogP contribution in [0.1, 0.15) is 19.3 Å². The van der Waals surface area contributed by atoms with Gasteiger partial charge >= 0.3 is 0 Å². The molecule has 2 fully saturated rings. The number of anilines is 1. The second-order valence-electron chi connectivity index (χ2n) is 6.19. The molecule has 0 spiro atoms. The Hall–Kier alpha value is -1.75. The Morgan fingerprint density at radius 1 is 1.09 bits per heavy atom. The molecule has 3 rings (SSSR count). The Kier molecular flexibility index (Phi) is 5.06. The highest BCUT2D eigenvalue weighted by Gasteiger charge is 2.26. The van der Waals surface area contributed by atoms with E-state index < -0.39 is 0 Å². The van der Waals surface area contributed by atoms with Gasteiger partial charge in [-0.05, 0) is 37.1 Å². The van der Waals surface area contributed by atoms with Crippen LogP contribution < -0.4 is 10.2 Å². The summed E-state index contributed by atoms with van der Waals surface area (Å²) in [5.41, 5.74) is 1.12. The van der Waals surface area contributed by atoms with Crippen LogP contribution in [0.3, 0.4) is 0 Å². The predicted octanol–water partition coefficient (Wildman–Crippen LogP) is 1.90. The Morgan fingerprint density at radius 3 is 2.30 bits per heavy atom. The van der Waals surface area contributed by atoms with Gasteiger partial charge in [0, 0.05) is 42.8 Å². The maximum Gasteiger partial charge on any atom is 0.242 e. The first-order chi connectivity index (χ1) is 11.1. The van der Waals surface area contributed by atoms with Gasteiger partial charge in [0.2, 0.25) is 11.8 Å². The molecule has 0 aromatic heterocycles. The van der Waals surface area contributed by atoms with Gasteiger partial charge in [-0.2, -0.15) is 0 Å². The zero-order valence-electron chi connectivity index (χ0n) is 13.1. The fourth-order valence-corrected chi connectivity index (χ4v) is 3.08. The maximum absolute atomic E-state index is 12.2. The van der Waals surface area contributed by atoms with Crippen LogP contribution >= 0.6 is 11.6 Å². The normalized spacial score (nSPS) is 18.5. The first-order valence-electron chi connectivity index (χ1n) is 8.19. The summed E-state index contributed by atoms with van der Waals surface area (Å²) < 4.78 is 0. The number of halogens is 1. The lowest BCUT2D eigenvalue weighted by Gasteiger charge is -2.36. The molecule has 6 heteroatoms. The van der Waals surface area contributed by atoms with Gasteiger partial charge in [-0.25, -0.2) is 0 Å². The summed E-state index contributed by atoms with van der Waals surface area (Å²) in [6.07, 6.45) is 3.04. The zero-order chi connectivity index (χ0) is 16.2. The number of nitrogens with one attached hydrogen (secondary N) is 1. The summed E-state index contributed by atoms with van der Waals surface area (Å²) in [6, 6.07) is 7.76. The standard InChI is InChI=1S/C17H22ClN3O2/c18-14-4-6-15(7-5-14)20-8-10-21(11-9-20)16(22)12-19-17(23)13-2-1-3-13/h4-7,13H,1-3,8-12H2,(H,19,23). The third kappa shape index (κ3) is 3.96. The molecule has 0 atom stereocenters. The fourth-order valence-electron chi connectivity index (χ4n) is 2.96. The van der Waals surface area contributed by atoms with Crippen LogP contribution in [0.2, 0.25) is 5.02 Å². The van der Waals surface area contributed by atoms with Crippen molar-refractivity contribution in [1.82, 2.24) is 10.2 Å². The number of piperazine rings is 1. The number of nitrogens with zero attached hydrogens (tertiary/aromatic N) is 2. The monoisotopic (exact) mass is 335 g/mol. The minimum Gasteiger partial charge on any atom is -0.368 e. The molecule has 0 radical (unpaired) electrons. The highest BCUT2D eigenvalue weighted by Crippen LogP contribution is 2.26. The molecule has 0 unspecified atom stereocenters. The van der Waals surface area contributed by atoms with Crippen molar-refractivity contribution in [2.24, 2.45) is 5.92 Å². The summed E-state index contributed by atoms with van der Waals surface area (Å²) in [7, 11) is 0. The summed E-state index contributed by atoms with van der Waals surface area (Å²) in [4.78, 5) is 28.0. The minimum absolute atomic E-state index is 0.00781. The van der Waals surface area contributed by atoms with Gasteiger partial charge in [-0.15, -0.1) is 0 Å². The van der Waals surface area contributed by atoms with E-state index in [1.165, 1.54) is 0 Å². The second kappa shape index (κ2) is 7.21. The second-order valence-corrected chi connectivity index (χ2v) is 6.63. The van der Waals surface area contributed by atoms with Gasteiger partial charge in [0.25, 0.3) is 0 Å². The van der Waals surface area contributed by atoms with Gasteiger partial charge in [-0.1, -0.05) is 18.0 Å². The van der Waals surface area contributed by atoms with E-state index >= 15 is 0 Å². The van der Waals surface area contributed by atoms with Gasteiger partial charge in [-0.3, -0.25) is 9.59 Å². The highest BCUT2D eigenvalue weighted by molar-refractivity contribution is 6.30. The summed E-state index contributed by atoms with van der Waals surface area (Å²) in [5, 5.41) is 3.50. The Morgan fingerprint density at radius 2 is 1.74 bits per heavy atom. The topological polar surface area (TPSA) is 52.7 Å². The lowest BCUT2D eigenvalue weighted by molar-refractivity contribution is -0.135. The van der Waals surface area contributed by atoms with Gasteiger partial charge < -0.3 is 15.1 Å². The number of amides is 2. The van der Waals surface area contributed by atoms with Crippen molar-refractivity contribution in [3.05, 3.63) is 29.3 Å². The summed E-state index contributed by atoms with van der Waals surface area (Å²) >= 11 is 5.91. The van der Waals surface area contributed by atoms with E-state index in [0.717, 1.165) is 43.1 Å². The number of hydrogen-bond acceptors (Lipinski definition) is 3. The van der Waals surface area contributed by atoms with Crippen LogP contribution in [0.25, 0.3) is 0 Å². The maximum atomic E-state index is 12.2.